The highest BCUT2D eigenvalue weighted by Crippen LogP contribution is 2.30. The molecule has 1 aliphatic rings. The summed E-state index contributed by atoms with van der Waals surface area (Å²) in [6, 6.07) is 5.77. The van der Waals surface area contributed by atoms with Crippen LogP contribution in [0.25, 0.3) is 0 Å². The summed E-state index contributed by atoms with van der Waals surface area (Å²) in [5.41, 5.74) is 0.591. The third-order valence-electron chi connectivity index (χ3n) is 3.01. The van der Waals surface area contributed by atoms with Crippen molar-refractivity contribution in [3.8, 4) is 0 Å². The summed E-state index contributed by atoms with van der Waals surface area (Å²) in [5, 5.41) is 0. The Hall–Kier alpha value is -0.630. The van der Waals surface area contributed by atoms with Crippen LogP contribution < -0.4 is 0 Å². The normalized spacial score (nSPS) is 13.9. The molecule has 1 aliphatic carbocycles. The number of halogens is 2. The average Bonchev–Trinajstić information content (AvgIpc) is 3.23. The molecule has 2 rings (SSSR count). The summed E-state index contributed by atoms with van der Waals surface area (Å²) in [5.74, 6) is -0.472. The number of carbonyl (C=O) groups is 2. The Bertz CT molecular complexity index is 531. The maximum atomic E-state index is 12.6. The quantitative estimate of drug-likeness (QED) is 0.510. The average molecular weight is 452 g/mol. The lowest BCUT2D eigenvalue weighted by Gasteiger charge is -2.22. The summed E-state index contributed by atoms with van der Waals surface area (Å²) >= 11 is 5.57. The van der Waals surface area contributed by atoms with Gasteiger partial charge in [0.1, 0.15) is 6.54 Å². The van der Waals surface area contributed by atoms with Crippen LogP contribution in [0.1, 0.15) is 30.1 Å². The van der Waals surface area contributed by atoms with Crippen molar-refractivity contribution in [3.63, 3.8) is 0 Å². The Kier molecular flexibility index (Phi) is 5.42. The summed E-state index contributed by atoms with van der Waals surface area (Å²) < 4.78 is 6.68. The number of esters is 1. The predicted molar refractivity (Wildman–Crippen MR) is 87.6 cm³/mol. The summed E-state index contributed by atoms with van der Waals surface area (Å²) in [6.45, 7) is 2.12. The topological polar surface area (TPSA) is 46.6 Å². The van der Waals surface area contributed by atoms with Gasteiger partial charge >= 0.3 is 5.97 Å². The van der Waals surface area contributed by atoms with Gasteiger partial charge in [0.15, 0.2) is 0 Å². The first kappa shape index (κ1) is 15.8. The molecule has 4 nitrogen and oxygen atoms in total. The van der Waals surface area contributed by atoms with Crippen molar-refractivity contribution in [2.45, 2.75) is 25.8 Å². The molecule has 0 atom stereocenters. The van der Waals surface area contributed by atoms with Crippen molar-refractivity contribution in [2.75, 3.05) is 13.2 Å². The van der Waals surface area contributed by atoms with E-state index in [9.17, 15) is 9.59 Å². The summed E-state index contributed by atoms with van der Waals surface area (Å²) in [7, 11) is 0. The van der Waals surface area contributed by atoms with Crippen molar-refractivity contribution in [2.24, 2.45) is 0 Å². The molecule has 20 heavy (non-hydrogen) atoms. The van der Waals surface area contributed by atoms with Crippen LogP contribution in [0.4, 0.5) is 0 Å². The van der Waals surface area contributed by atoms with Crippen molar-refractivity contribution in [1.29, 1.82) is 0 Å². The van der Waals surface area contributed by atoms with Crippen LogP contribution in [0.5, 0.6) is 0 Å². The van der Waals surface area contributed by atoms with Gasteiger partial charge in [-0.2, -0.15) is 0 Å². The molecule has 0 aromatic heterocycles. The van der Waals surface area contributed by atoms with E-state index in [0.29, 0.717) is 12.2 Å². The lowest BCUT2D eigenvalue weighted by atomic mass is 10.2. The van der Waals surface area contributed by atoms with Crippen LogP contribution in [0.2, 0.25) is 0 Å². The Morgan fingerprint density at radius 3 is 2.75 bits per heavy atom. The molecular weight excluding hydrogens is 437 g/mol. The van der Waals surface area contributed by atoms with E-state index >= 15 is 0 Å². The number of benzene rings is 1. The van der Waals surface area contributed by atoms with Crippen molar-refractivity contribution >= 4 is 50.4 Å². The highest BCUT2D eigenvalue weighted by Gasteiger charge is 2.35. The Labute approximate surface area is 140 Å². The van der Waals surface area contributed by atoms with E-state index < -0.39 is 0 Å². The molecule has 0 bridgehead atoms. The molecule has 6 heteroatoms. The van der Waals surface area contributed by atoms with Crippen LogP contribution in [-0.2, 0) is 9.53 Å². The molecule has 0 spiro atoms. The number of rotatable bonds is 5. The van der Waals surface area contributed by atoms with Crippen LogP contribution in [-0.4, -0.2) is 36.0 Å². The molecule has 0 radical (unpaired) electrons. The molecule has 0 saturated heterocycles. The van der Waals surface area contributed by atoms with Crippen LogP contribution in [0.15, 0.2) is 22.7 Å². The fourth-order valence-electron chi connectivity index (χ4n) is 1.91. The standard InChI is InChI=1S/C14H15BrINO3/c1-2-20-13(18)8-17(10-4-5-10)14(19)11-7-9(16)3-6-12(11)15/h3,6-7,10H,2,4-5,8H2,1H3. The van der Waals surface area contributed by atoms with E-state index in [0.717, 1.165) is 20.9 Å². The minimum absolute atomic E-state index is 0.0231. The molecule has 0 aliphatic heterocycles. The summed E-state index contributed by atoms with van der Waals surface area (Å²) in [4.78, 5) is 25.9. The largest absolute Gasteiger partial charge is 0.465 e. The molecule has 1 aromatic carbocycles. The Morgan fingerprint density at radius 1 is 1.45 bits per heavy atom. The van der Waals surface area contributed by atoms with Crippen molar-refractivity contribution in [1.82, 2.24) is 4.90 Å². The van der Waals surface area contributed by atoms with Crippen LogP contribution in [0, 0.1) is 3.57 Å². The molecule has 0 heterocycles. The van der Waals surface area contributed by atoms with E-state index in [4.69, 9.17) is 4.74 Å². The van der Waals surface area contributed by atoms with Gasteiger partial charge in [-0.05, 0) is 76.5 Å². The van der Waals surface area contributed by atoms with Gasteiger partial charge in [0.05, 0.1) is 12.2 Å². The van der Waals surface area contributed by atoms with Gasteiger partial charge in [-0.1, -0.05) is 0 Å². The maximum Gasteiger partial charge on any atom is 0.325 e. The molecule has 1 saturated carbocycles. The zero-order valence-corrected chi connectivity index (χ0v) is 14.8. The molecular formula is C14H15BrINO3. The van der Waals surface area contributed by atoms with Crippen LogP contribution >= 0.6 is 38.5 Å². The minimum atomic E-state index is -0.352. The molecule has 0 unspecified atom stereocenters. The first-order valence-electron chi connectivity index (χ1n) is 6.44. The molecule has 0 N–H and O–H groups in total. The van der Waals surface area contributed by atoms with E-state index in [1.54, 1.807) is 11.8 Å². The second-order valence-electron chi connectivity index (χ2n) is 4.59. The Balaban J connectivity index is 2.18. The smallest absolute Gasteiger partial charge is 0.325 e. The number of amides is 1. The number of hydrogen-bond donors (Lipinski definition) is 0. The molecule has 108 valence electrons. The highest BCUT2D eigenvalue weighted by molar-refractivity contribution is 14.1. The van der Waals surface area contributed by atoms with E-state index in [2.05, 4.69) is 38.5 Å². The lowest BCUT2D eigenvalue weighted by molar-refractivity contribution is -0.144. The maximum absolute atomic E-state index is 12.6. The number of hydrogen-bond acceptors (Lipinski definition) is 3. The molecule has 1 fully saturated rings. The number of ether oxygens (including phenoxy) is 1. The highest BCUT2D eigenvalue weighted by atomic mass is 127. The van der Waals surface area contributed by atoms with Crippen LogP contribution in [0.3, 0.4) is 0 Å². The SMILES string of the molecule is CCOC(=O)CN(C(=O)c1cc(I)ccc1Br)C1CC1. The van der Waals surface area contributed by atoms with Gasteiger partial charge in [0, 0.05) is 14.1 Å². The van der Waals surface area contributed by atoms with Gasteiger partial charge in [-0.15, -0.1) is 0 Å². The zero-order chi connectivity index (χ0) is 14.7. The fourth-order valence-corrected chi connectivity index (χ4v) is 2.82. The number of nitrogens with zero attached hydrogens (tertiary/aromatic N) is 1. The first-order valence-corrected chi connectivity index (χ1v) is 8.31. The third kappa shape index (κ3) is 3.94. The monoisotopic (exact) mass is 451 g/mol. The van der Waals surface area contributed by atoms with Gasteiger partial charge in [0.25, 0.3) is 5.91 Å². The zero-order valence-electron chi connectivity index (χ0n) is 11.1. The molecule has 1 amide bonds. The lowest BCUT2D eigenvalue weighted by Crippen LogP contribution is -2.38. The van der Waals surface area contributed by atoms with E-state index in [1.807, 2.05) is 18.2 Å². The van der Waals surface area contributed by atoms with Gasteiger partial charge < -0.3 is 9.64 Å². The predicted octanol–water partition coefficient (Wildman–Crippen LogP) is 3.22. The van der Waals surface area contributed by atoms with E-state index in [1.165, 1.54) is 0 Å². The third-order valence-corrected chi connectivity index (χ3v) is 4.37. The van der Waals surface area contributed by atoms with Crippen molar-refractivity contribution in [3.05, 3.63) is 31.8 Å². The fraction of sp³-hybridized carbons (Fsp3) is 0.429. The second kappa shape index (κ2) is 6.89. The Morgan fingerprint density at radius 2 is 2.15 bits per heavy atom. The minimum Gasteiger partial charge on any atom is -0.465 e. The number of carbonyl (C=O) groups excluding carboxylic acids is 2. The van der Waals surface area contributed by atoms with Gasteiger partial charge in [-0.3, -0.25) is 9.59 Å². The molecule has 1 aromatic rings. The summed E-state index contributed by atoms with van der Waals surface area (Å²) in [6.07, 6.45) is 1.90. The van der Waals surface area contributed by atoms with E-state index in [-0.39, 0.29) is 24.5 Å². The van der Waals surface area contributed by atoms with Gasteiger partial charge in [-0.25, -0.2) is 0 Å². The first-order chi connectivity index (χ1) is 9.52. The second-order valence-corrected chi connectivity index (χ2v) is 6.69. The van der Waals surface area contributed by atoms with Gasteiger partial charge in [0.2, 0.25) is 0 Å². The van der Waals surface area contributed by atoms with Crippen molar-refractivity contribution < 1.29 is 14.3 Å².